The number of thiocarbonyl (C=S) groups is 1. The zero-order chi connectivity index (χ0) is 11.6. The summed E-state index contributed by atoms with van der Waals surface area (Å²) in [6.07, 6.45) is 2.54. The molecule has 0 radical (unpaired) electrons. The number of carbonyl (C=O) groups excluding carboxylic acids is 1. The molecule has 0 aromatic heterocycles. The second kappa shape index (κ2) is 4.75. The van der Waals surface area contributed by atoms with Crippen molar-refractivity contribution < 1.29 is 4.79 Å². The molecule has 1 heterocycles. The minimum absolute atomic E-state index is 0.0327. The Hall–Kier alpha value is -0.900. The highest BCUT2D eigenvalue weighted by atomic mass is 32.1. The first-order valence-corrected chi connectivity index (χ1v) is 5.64. The molecule has 84 valence electrons. The zero-order valence-corrected chi connectivity index (χ0v) is 10.3. The summed E-state index contributed by atoms with van der Waals surface area (Å²) < 4.78 is 0. The minimum Gasteiger partial charge on any atom is -0.350 e. The summed E-state index contributed by atoms with van der Waals surface area (Å²) in [5, 5.41) is 3.59. The van der Waals surface area contributed by atoms with E-state index in [4.69, 9.17) is 12.2 Å². The molecular formula is C11H18N2OS. The highest BCUT2D eigenvalue weighted by Crippen LogP contribution is 2.16. The van der Waals surface area contributed by atoms with Gasteiger partial charge in [-0.05, 0) is 31.5 Å². The van der Waals surface area contributed by atoms with Crippen molar-refractivity contribution in [1.82, 2.24) is 10.2 Å². The first kappa shape index (κ1) is 12.2. The second-order valence-electron chi connectivity index (χ2n) is 4.32. The predicted molar refractivity (Wildman–Crippen MR) is 65.5 cm³/mol. The van der Waals surface area contributed by atoms with Crippen molar-refractivity contribution in [3.8, 4) is 0 Å². The Balaban J connectivity index is 2.74. The molecule has 1 fully saturated rings. The van der Waals surface area contributed by atoms with Gasteiger partial charge in [-0.25, -0.2) is 0 Å². The van der Waals surface area contributed by atoms with Crippen LogP contribution >= 0.6 is 12.2 Å². The fourth-order valence-corrected chi connectivity index (χ4v) is 2.07. The van der Waals surface area contributed by atoms with Gasteiger partial charge in [-0.15, -0.1) is 6.58 Å². The molecule has 3 nitrogen and oxygen atoms in total. The van der Waals surface area contributed by atoms with Crippen LogP contribution in [-0.2, 0) is 4.79 Å². The lowest BCUT2D eigenvalue weighted by Crippen LogP contribution is -2.37. The lowest BCUT2D eigenvalue weighted by molar-refractivity contribution is -0.128. The van der Waals surface area contributed by atoms with E-state index in [1.807, 2.05) is 6.92 Å². The van der Waals surface area contributed by atoms with Crippen molar-refractivity contribution in [2.24, 2.45) is 5.92 Å². The van der Waals surface area contributed by atoms with Crippen molar-refractivity contribution >= 4 is 23.2 Å². The van der Waals surface area contributed by atoms with Crippen molar-refractivity contribution in [3.63, 3.8) is 0 Å². The number of carbonyl (C=O) groups is 1. The summed E-state index contributed by atoms with van der Waals surface area (Å²) in [6.45, 7) is 9.78. The third-order valence-electron chi connectivity index (χ3n) is 2.51. The van der Waals surface area contributed by atoms with E-state index in [1.165, 1.54) is 0 Å². The van der Waals surface area contributed by atoms with Gasteiger partial charge in [-0.2, -0.15) is 0 Å². The van der Waals surface area contributed by atoms with E-state index < -0.39 is 0 Å². The van der Waals surface area contributed by atoms with E-state index in [9.17, 15) is 4.79 Å². The van der Waals surface area contributed by atoms with Crippen LogP contribution in [0.4, 0.5) is 0 Å². The van der Waals surface area contributed by atoms with Crippen LogP contribution in [0.2, 0.25) is 0 Å². The molecule has 1 aliphatic heterocycles. The molecule has 0 aliphatic carbocycles. The maximum Gasteiger partial charge on any atom is 0.251 e. The van der Waals surface area contributed by atoms with E-state index in [1.54, 1.807) is 11.0 Å². The quantitative estimate of drug-likeness (QED) is 0.585. The van der Waals surface area contributed by atoms with E-state index >= 15 is 0 Å². The van der Waals surface area contributed by atoms with Gasteiger partial charge >= 0.3 is 0 Å². The van der Waals surface area contributed by atoms with Gasteiger partial charge in [-0.3, -0.25) is 9.69 Å². The number of amides is 1. The minimum atomic E-state index is -0.153. The summed E-state index contributed by atoms with van der Waals surface area (Å²) in [5.41, 5.74) is 0. The predicted octanol–water partition coefficient (Wildman–Crippen LogP) is 1.69. The van der Waals surface area contributed by atoms with Crippen molar-refractivity contribution in [1.29, 1.82) is 0 Å². The summed E-state index contributed by atoms with van der Waals surface area (Å²) in [4.78, 5) is 13.6. The average Bonchev–Trinajstić information content (AvgIpc) is 2.40. The van der Waals surface area contributed by atoms with Crippen LogP contribution in [0.1, 0.15) is 27.2 Å². The molecule has 1 unspecified atom stereocenters. The van der Waals surface area contributed by atoms with Crippen molar-refractivity contribution in [2.75, 3.05) is 0 Å². The van der Waals surface area contributed by atoms with Crippen LogP contribution in [-0.4, -0.2) is 28.0 Å². The van der Waals surface area contributed by atoms with Crippen LogP contribution < -0.4 is 5.32 Å². The second-order valence-corrected chi connectivity index (χ2v) is 4.70. The van der Waals surface area contributed by atoms with Crippen LogP contribution in [0.15, 0.2) is 12.7 Å². The smallest absolute Gasteiger partial charge is 0.251 e. The first-order valence-electron chi connectivity index (χ1n) is 5.23. The topological polar surface area (TPSA) is 32.3 Å². The fourth-order valence-electron chi connectivity index (χ4n) is 1.67. The van der Waals surface area contributed by atoms with Gasteiger partial charge < -0.3 is 5.32 Å². The Bertz CT molecular complexity index is 288. The maximum atomic E-state index is 12.0. The van der Waals surface area contributed by atoms with Crippen molar-refractivity contribution in [3.05, 3.63) is 12.7 Å². The molecule has 15 heavy (non-hydrogen) atoms. The summed E-state index contributed by atoms with van der Waals surface area (Å²) in [5.74, 6) is 0.550. The number of hydrogen-bond acceptors (Lipinski definition) is 2. The van der Waals surface area contributed by atoms with Crippen LogP contribution in [0.3, 0.4) is 0 Å². The molecule has 1 rings (SSSR count). The lowest BCUT2D eigenvalue weighted by Gasteiger charge is -2.19. The standard InChI is InChI=1S/C11H18N2OS/c1-5-8(4)13-10(14)9(6-7(2)3)12-11(13)15/h5,7-9H,1,6H2,2-4H3,(H,12,15)/t8?,9-/m1/s1. The number of nitrogens with zero attached hydrogens (tertiary/aromatic N) is 1. The Morgan fingerprint density at radius 1 is 1.60 bits per heavy atom. The Morgan fingerprint density at radius 2 is 2.20 bits per heavy atom. The molecule has 0 saturated carbocycles. The van der Waals surface area contributed by atoms with Gasteiger partial charge in [0.1, 0.15) is 6.04 Å². The summed E-state index contributed by atoms with van der Waals surface area (Å²) in [6, 6.07) is -0.186. The molecular weight excluding hydrogens is 208 g/mol. The van der Waals surface area contributed by atoms with Crippen LogP contribution in [0, 0.1) is 5.92 Å². The SMILES string of the molecule is C=CC(C)N1C(=O)[C@@H](CC(C)C)NC1=S. The molecule has 0 spiro atoms. The molecule has 1 saturated heterocycles. The third-order valence-corrected chi connectivity index (χ3v) is 2.82. The lowest BCUT2D eigenvalue weighted by atomic mass is 10.0. The molecule has 1 aliphatic rings. The Labute approximate surface area is 96.5 Å². The zero-order valence-electron chi connectivity index (χ0n) is 9.49. The van der Waals surface area contributed by atoms with Crippen LogP contribution in [0.5, 0.6) is 0 Å². The van der Waals surface area contributed by atoms with Gasteiger partial charge in [0.15, 0.2) is 5.11 Å². The highest BCUT2D eigenvalue weighted by Gasteiger charge is 2.37. The summed E-state index contributed by atoms with van der Waals surface area (Å²) in [7, 11) is 0. The Kier molecular flexibility index (Phi) is 3.85. The largest absolute Gasteiger partial charge is 0.350 e. The average molecular weight is 226 g/mol. The van der Waals surface area contributed by atoms with Gasteiger partial charge in [0.05, 0.1) is 6.04 Å². The molecule has 1 N–H and O–H groups in total. The number of rotatable bonds is 4. The van der Waals surface area contributed by atoms with Gasteiger partial charge in [0.2, 0.25) is 0 Å². The molecule has 4 heteroatoms. The van der Waals surface area contributed by atoms with E-state index in [0.29, 0.717) is 11.0 Å². The Morgan fingerprint density at radius 3 is 2.67 bits per heavy atom. The van der Waals surface area contributed by atoms with Gasteiger partial charge in [0, 0.05) is 0 Å². The van der Waals surface area contributed by atoms with Crippen LogP contribution in [0.25, 0.3) is 0 Å². The van der Waals surface area contributed by atoms with E-state index in [-0.39, 0.29) is 18.0 Å². The molecule has 0 aromatic carbocycles. The molecule has 0 aromatic rings. The van der Waals surface area contributed by atoms with Crippen molar-refractivity contribution in [2.45, 2.75) is 39.3 Å². The third kappa shape index (κ3) is 2.56. The number of hydrogen-bond donors (Lipinski definition) is 1. The fraction of sp³-hybridized carbons (Fsp3) is 0.636. The molecule has 1 amide bonds. The van der Waals surface area contributed by atoms with Gasteiger partial charge in [-0.1, -0.05) is 19.9 Å². The maximum absolute atomic E-state index is 12.0. The molecule has 2 atom stereocenters. The van der Waals surface area contributed by atoms with E-state index in [2.05, 4.69) is 25.7 Å². The highest BCUT2D eigenvalue weighted by molar-refractivity contribution is 7.80. The molecule has 0 bridgehead atoms. The van der Waals surface area contributed by atoms with E-state index in [0.717, 1.165) is 6.42 Å². The number of nitrogens with one attached hydrogen (secondary N) is 1. The normalized spacial score (nSPS) is 23.2. The monoisotopic (exact) mass is 226 g/mol. The van der Waals surface area contributed by atoms with Gasteiger partial charge in [0.25, 0.3) is 5.91 Å². The summed E-state index contributed by atoms with van der Waals surface area (Å²) >= 11 is 5.14. The first-order chi connectivity index (χ1) is 6.97.